The Kier molecular flexibility index (Phi) is 10.9. The first kappa shape index (κ1) is 36.3. The summed E-state index contributed by atoms with van der Waals surface area (Å²) in [7, 11) is 1.33. The second kappa shape index (κ2) is 15.9. The molecule has 0 aliphatic carbocycles. The van der Waals surface area contributed by atoms with E-state index in [1.54, 1.807) is 18.3 Å². The molecule has 2 aliphatic heterocycles. The van der Waals surface area contributed by atoms with Gasteiger partial charge in [-0.15, -0.1) is 0 Å². The molecule has 0 saturated heterocycles. The maximum absolute atomic E-state index is 13.5. The average molecular weight is 753 g/mol. The summed E-state index contributed by atoms with van der Waals surface area (Å²) in [6, 6.07) is 25.7. The Balaban J connectivity index is 0.956. The van der Waals surface area contributed by atoms with Crippen LogP contribution in [-0.2, 0) is 40.3 Å². The third-order valence-electron chi connectivity index (χ3n) is 9.81. The third-order valence-corrected chi connectivity index (χ3v) is 10.5. The highest BCUT2D eigenvalue weighted by Gasteiger charge is 2.31. The summed E-state index contributed by atoms with van der Waals surface area (Å²) in [4.78, 5) is 30.7. The highest BCUT2D eigenvalue weighted by molar-refractivity contribution is 6.42. The number of nitrogens with zero attached hydrogens (tertiary/aromatic N) is 1. The molecule has 0 spiro atoms. The number of rotatable bonds is 10. The fourth-order valence-electron chi connectivity index (χ4n) is 6.62. The SMILES string of the molecule is COC(=O)C(Cc1ccc(-c2ccnc(C)c2C)cc1)NC(=O)[C@@H]1Cc2cc3c(cc2CN1)O[C@H](c1ccc(OCc2ccc(Cl)c(Cl)c2)cc1)CO3. The summed E-state index contributed by atoms with van der Waals surface area (Å²) < 4.78 is 23.6. The quantitative estimate of drug-likeness (QED) is 0.140. The number of amides is 1. The predicted octanol–water partition coefficient (Wildman–Crippen LogP) is 7.68. The number of ether oxygens (including phenoxy) is 4. The topological polar surface area (TPSA) is 108 Å². The number of benzene rings is 4. The highest BCUT2D eigenvalue weighted by atomic mass is 35.5. The number of aryl methyl sites for hydroxylation is 1. The van der Waals surface area contributed by atoms with Crippen molar-refractivity contribution in [3.8, 4) is 28.4 Å². The summed E-state index contributed by atoms with van der Waals surface area (Å²) in [5.74, 6) is 1.23. The molecule has 272 valence electrons. The Labute approximate surface area is 318 Å². The third kappa shape index (κ3) is 8.28. The summed E-state index contributed by atoms with van der Waals surface area (Å²) >= 11 is 12.1. The Morgan fingerprint density at radius 2 is 1.68 bits per heavy atom. The van der Waals surface area contributed by atoms with Gasteiger partial charge in [0.2, 0.25) is 5.91 Å². The molecule has 1 aromatic heterocycles. The second-order valence-corrected chi connectivity index (χ2v) is 14.1. The van der Waals surface area contributed by atoms with Gasteiger partial charge in [-0.1, -0.05) is 65.7 Å². The van der Waals surface area contributed by atoms with Gasteiger partial charge in [0.1, 0.15) is 25.0 Å². The van der Waals surface area contributed by atoms with Crippen LogP contribution in [-0.4, -0.2) is 42.7 Å². The van der Waals surface area contributed by atoms with E-state index in [-0.39, 0.29) is 12.0 Å². The van der Waals surface area contributed by atoms with Gasteiger partial charge in [0.15, 0.2) is 17.6 Å². The minimum Gasteiger partial charge on any atom is -0.489 e. The fraction of sp³-hybridized carbons (Fsp3) is 0.262. The van der Waals surface area contributed by atoms with Crippen LogP contribution in [0, 0.1) is 13.8 Å². The van der Waals surface area contributed by atoms with Crippen LogP contribution in [0.2, 0.25) is 10.0 Å². The number of methoxy groups -OCH3 is 1. The predicted molar refractivity (Wildman–Crippen MR) is 204 cm³/mol. The molecule has 9 nitrogen and oxygen atoms in total. The van der Waals surface area contributed by atoms with E-state index < -0.39 is 18.1 Å². The zero-order valence-electron chi connectivity index (χ0n) is 29.6. The number of carbonyl (C=O) groups excluding carboxylic acids is 2. The van der Waals surface area contributed by atoms with E-state index >= 15 is 0 Å². The van der Waals surface area contributed by atoms with Gasteiger partial charge in [-0.05, 0) is 107 Å². The van der Waals surface area contributed by atoms with Crippen molar-refractivity contribution in [2.24, 2.45) is 0 Å². The minimum atomic E-state index is -0.841. The van der Waals surface area contributed by atoms with Gasteiger partial charge in [-0.25, -0.2) is 4.79 Å². The average Bonchev–Trinajstić information content (AvgIpc) is 3.18. The van der Waals surface area contributed by atoms with Gasteiger partial charge in [-0.2, -0.15) is 0 Å². The largest absolute Gasteiger partial charge is 0.489 e. The van der Waals surface area contributed by atoms with Crippen LogP contribution in [0.4, 0.5) is 0 Å². The highest BCUT2D eigenvalue weighted by Crippen LogP contribution is 2.40. The monoisotopic (exact) mass is 751 g/mol. The van der Waals surface area contributed by atoms with Crippen molar-refractivity contribution < 1.29 is 28.5 Å². The molecule has 0 radical (unpaired) electrons. The lowest BCUT2D eigenvalue weighted by atomic mass is 9.94. The maximum atomic E-state index is 13.5. The molecular weight excluding hydrogens is 713 g/mol. The van der Waals surface area contributed by atoms with E-state index in [4.69, 9.17) is 42.1 Å². The molecule has 0 fully saturated rings. The Morgan fingerprint density at radius 1 is 0.925 bits per heavy atom. The van der Waals surface area contributed by atoms with Crippen molar-refractivity contribution in [3.63, 3.8) is 0 Å². The lowest BCUT2D eigenvalue weighted by Gasteiger charge is -2.31. The number of fused-ring (bicyclic) bond motifs is 2. The summed E-state index contributed by atoms with van der Waals surface area (Å²) in [5.41, 5.74) is 9.06. The molecule has 3 atom stereocenters. The molecular formula is C42H39Cl2N3O6. The minimum absolute atomic E-state index is 0.273. The Morgan fingerprint density at radius 3 is 2.43 bits per heavy atom. The van der Waals surface area contributed by atoms with Crippen molar-refractivity contribution in [2.45, 2.75) is 58.0 Å². The number of hydrogen-bond acceptors (Lipinski definition) is 8. The first-order valence-corrected chi connectivity index (χ1v) is 18.2. The number of aromatic nitrogens is 1. The number of carbonyl (C=O) groups is 2. The lowest BCUT2D eigenvalue weighted by molar-refractivity contribution is -0.145. The molecule has 0 bridgehead atoms. The van der Waals surface area contributed by atoms with Crippen molar-refractivity contribution >= 4 is 35.1 Å². The van der Waals surface area contributed by atoms with Crippen molar-refractivity contribution in [1.29, 1.82) is 0 Å². The first-order valence-electron chi connectivity index (χ1n) is 17.4. The zero-order chi connectivity index (χ0) is 37.1. The molecule has 7 rings (SSSR count). The van der Waals surface area contributed by atoms with Gasteiger partial charge in [0.05, 0.1) is 23.2 Å². The van der Waals surface area contributed by atoms with Crippen LogP contribution in [0.15, 0.2) is 91.1 Å². The summed E-state index contributed by atoms with van der Waals surface area (Å²) in [6.07, 6.45) is 2.23. The molecule has 1 unspecified atom stereocenters. The number of pyridine rings is 1. The van der Waals surface area contributed by atoms with E-state index in [1.165, 1.54) is 7.11 Å². The molecule has 1 amide bonds. The molecule has 5 aromatic rings. The summed E-state index contributed by atoms with van der Waals surface area (Å²) in [5, 5.41) is 7.26. The number of halogens is 2. The molecule has 3 heterocycles. The molecule has 2 aliphatic rings. The van der Waals surface area contributed by atoms with E-state index in [9.17, 15) is 9.59 Å². The standard InChI is InChI=1S/C42H39Cl2N3O6/c1-24-25(2)45-15-14-33(24)28-7-4-26(5-8-28)17-37(42(49)50-3)47-41(48)36-18-30-19-38-39(20-31(30)21-46-36)53-40(23-52-38)29-9-11-32(12-10-29)51-22-27-6-13-34(43)35(44)16-27/h4-16,19-20,36-37,40,46H,17-18,21-23H2,1-3H3,(H,47,48)/t36-,37?,40-/m0/s1. The molecule has 53 heavy (non-hydrogen) atoms. The van der Waals surface area contributed by atoms with Gasteiger partial charge in [0, 0.05) is 24.9 Å². The second-order valence-electron chi connectivity index (χ2n) is 13.3. The Bertz CT molecular complexity index is 2140. The number of esters is 1. The van der Waals surface area contributed by atoms with Crippen LogP contribution in [0.5, 0.6) is 17.2 Å². The molecule has 2 N–H and O–H groups in total. The normalized spacial score (nSPS) is 16.6. The van der Waals surface area contributed by atoms with Crippen LogP contribution >= 0.6 is 23.2 Å². The van der Waals surface area contributed by atoms with Crippen LogP contribution < -0.4 is 24.8 Å². The van der Waals surface area contributed by atoms with E-state index in [2.05, 4.69) is 22.5 Å². The zero-order valence-corrected chi connectivity index (χ0v) is 31.1. The number of hydrogen-bond donors (Lipinski definition) is 2. The van der Waals surface area contributed by atoms with Crippen molar-refractivity contribution in [3.05, 3.63) is 140 Å². The first-order chi connectivity index (χ1) is 25.6. The van der Waals surface area contributed by atoms with Crippen LogP contribution in [0.3, 0.4) is 0 Å². The van der Waals surface area contributed by atoms with Gasteiger partial charge < -0.3 is 29.6 Å². The summed E-state index contributed by atoms with van der Waals surface area (Å²) in [6.45, 7) is 5.20. The Hall–Kier alpha value is -5.09. The van der Waals surface area contributed by atoms with Crippen LogP contribution in [0.1, 0.15) is 45.2 Å². The van der Waals surface area contributed by atoms with Crippen LogP contribution in [0.25, 0.3) is 11.1 Å². The lowest BCUT2D eigenvalue weighted by Crippen LogP contribution is -2.53. The van der Waals surface area contributed by atoms with Crippen molar-refractivity contribution in [1.82, 2.24) is 15.6 Å². The van der Waals surface area contributed by atoms with Gasteiger partial charge in [-0.3, -0.25) is 9.78 Å². The fourth-order valence-corrected chi connectivity index (χ4v) is 6.94. The van der Waals surface area contributed by atoms with Gasteiger partial charge in [0.25, 0.3) is 0 Å². The molecule has 11 heteroatoms. The molecule has 4 aromatic carbocycles. The van der Waals surface area contributed by atoms with E-state index in [0.29, 0.717) is 59.9 Å². The van der Waals surface area contributed by atoms with Gasteiger partial charge >= 0.3 is 5.97 Å². The smallest absolute Gasteiger partial charge is 0.328 e. The maximum Gasteiger partial charge on any atom is 0.328 e. The van der Waals surface area contributed by atoms with Crippen molar-refractivity contribution in [2.75, 3.05) is 13.7 Å². The number of nitrogens with one attached hydrogen (secondary N) is 2. The van der Waals surface area contributed by atoms with E-state index in [1.807, 2.05) is 79.7 Å². The van der Waals surface area contributed by atoms with E-state index in [0.717, 1.165) is 50.2 Å². The molecule has 0 saturated carbocycles.